The summed E-state index contributed by atoms with van der Waals surface area (Å²) in [6.45, 7) is 2.94. The number of nitrogens with zero attached hydrogens (tertiary/aromatic N) is 2. The summed E-state index contributed by atoms with van der Waals surface area (Å²) in [6.07, 6.45) is 4.73. The first-order valence-electron chi connectivity index (χ1n) is 10.1. The van der Waals surface area contributed by atoms with Gasteiger partial charge in [-0.2, -0.15) is 0 Å². The molecule has 1 fully saturated rings. The van der Waals surface area contributed by atoms with Gasteiger partial charge in [0.15, 0.2) is 0 Å². The summed E-state index contributed by atoms with van der Waals surface area (Å²) in [5.74, 6) is 0.852. The van der Waals surface area contributed by atoms with E-state index in [0.29, 0.717) is 6.10 Å². The number of hydrogen-bond donors (Lipinski definition) is 0. The average molecular weight is 409 g/mol. The van der Waals surface area contributed by atoms with Crippen molar-refractivity contribution in [2.24, 2.45) is 0 Å². The molecule has 3 aromatic rings. The molecule has 1 aliphatic rings. The maximum atomic E-state index is 5.62. The summed E-state index contributed by atoms with van der Waals surface area (Å²) in [6, 6.07) is 17.0. The number of hydrogen-bond acceptors (Lipinski definition) is 5. The molecule has 1 saturated heterocycles. The molecule has 0 N–H and O–H groups in total. The molecule has 29 heavy (non-hydrogen) atoms. The second-order valence-corrected chi connectivity index (χ2v) is 8.40. The van der Waals surface area contributed by atoms with Gasteiger partial charge in [0.25, 0.3) is 0 Å². The van der Waals surface area contributed by atoms with Gasteiger partial charge in [0, 0.05) is 36.0 Å². The largest absolute Gasteiger partial charge is 0.497 e. The Balaban J connectivity index is 1.77. The van der Waals surface area contributed by atoms with Crippen molar-refractivity contribution in [3.05, 3.63) is 54.1 Å². The van der Waals surface area contributed by atoms with Crippen molar-refractivity contribution in [1.29, 1.82) is 0 Å². The molecular weight excluding hydrogens is 380 g/mol. The van der Waals surface area contributed by atoms with E-state index in [1.807, 2.05) is 19.2 Å². The van der Waals surface area contributed by atoms with Gasteiger partial charge in [-0.25, -0.2) is 4.98 Å². The van der Waals surface area contributed by atoms with Gasteiger partial charge in [0.2, 0.25) is 0 Å². The molecule has 1 aromatic heterocycles. The molecular formula is C24H28N2O2S. The van der Waals surface area contributed by atoms with E-state index in [0.717, 1.165) is 48.6 Å². The number of fused-ring (bicyclic) bond motifs is 1. The van der Waals surface area contributed by atoms with Crippen LogP contribution in [0.15, 0.2) is 53.4 Å². The lowest BCUT2D eigenvalue weighted by atomic mass is 10.0. The van der Waals surface area contributed by atoms with Crippen LogP contribution in [-0.4, -0.2) is 49.6 Å². The van der Waals surface area contributed by atoms with Gasteiger partial charge in [0.05, 0.1) is 24.4 Å². The van der Waals surface area contributed by atoms with Crippen molar-refractivity contribution in [3.63, 3.8) is 0 Å². The van der Waals surface area contributed by atoms with Crippen LogP contribution in [0, 0.1) is 0 Å². The fourth-order valence-corrected chi connectivity index (χ4v) is 4.48. The Morgan fingerprint density at radius 3 is 2.83 bits per heavy atom. The van der Waals surface area contributed by atoms with Crippen LogP contribution in [0.5, 0.6) is 5.75 Å². The van der Waals surface area contributed by atoms with Crippen LogP contribution in [0.3, 0.4) is 0 Å². The van der Waals surface area contributed by atoms with Crippen molar-refractivity contribution in [2.45, 2.75) is 30.4 Å². The lowest BCUT2D eigenvalue weighted by Gasteiger charge is -2.32. The molecule has 1 unspecified atom stereocenters. The lowest BCUT2D eigenvalue weighted by molar-refractivity contribution is 0.0286. The van der Waals surface area contributed by atoms with Crippen molar-refractivity contribution in [2.75, 3.05) is 33.6 Å². The zero-order valence-electron chi connectivity index (χ0n) is 17.4. The fourth-order valence-electron chi connectivity index (χ4n) is 4.05. The summed E-state index contributed by atoms with van der Waals surface area (Å²) in [5, 5.41) is 1.18. The van der Waals surface area contributed by atoms with E-state index in [-0.39, 0.29) is 0 Å². The summed E-state index contributed by atoms with van der Waals surface area (Å²) < 4.78 is 11.1. The highest BCUT2D eigenvalue weighted by atomic mass is 32.2. The van der Waals surface area contributed by atoms with Gasteiger partial charge >= 0.3 is 0 Å². The van der Waals surface area contributed by atoms with Crippen molar-refractivity contribution < 1.29 is 9.47 Å². The third-order valence-corrected chi connectivity index (χ3v) is 6.36. The van der Waals surface area contributed by atoms with Gasteiger partial charge in [-0.05, 0) is 61.5 Å². The Bertz CT molecular complexity index is 992. The molecule has 0 spiro atoms. The van der Waals surface area contributed by atoms with Crippen LogP contribution in [0.2, 0.25) is 0 Å². The van der Waals surface area contributed by atoms with Gasteiger partial charge in [0.1, 0.15) is 5.75 Å². The van der Waals surface area contributed by atoms with Crippen LogP contribution in [-0.2, 0) is 11.3 Å². The minimum Gasteiger partial charge on any atom is -0.497 e. The second-order valence-electron chi connectivity index (χ2n) is 7.52. The van der Waals surface area contributed by atoms with E-state index in [2.05, 4.69) is 47.6 Å². The van der Waals surface area contributed by atoms with E-state index >= 15 is 0 Å². The summed E-state index contributed by atoms with van der Waals surface area (Å²) in [4.78, 5) is 8.82. The SMILES string of the molecule is COc1cccc(-c2nc3cc(SC)ccc3cc2CN2CCCC(OC)C2)c1. The highest BCUT2D eigenvalue weighted by Gasteiger charge is 2.21. The molecule has 0 bridgehead atoms. The maximum Gasteiger partial charge on any atom is 0.119 e. The van der Waals surface area contributed by atoms with Gasteiger partial charge in [-0.1, -0.05) is 18.2 Å². The molecule has 0 amide bonds. The number of piperidine rings is 1. The first kappa shape index (κ1) is 20.2. The van der Waals surface area contributed by atoms with Crippen LogP contribution >= 0.6 is 11.8 Å². The van der Waals surface area contributed by atoms with E-state index in [1.54, 1.807) is 18.9 Å². The predicted octanol–water partition coefficient (Wildman–Crippen LogP) is 5.24. The topological polar surface area (TPSA) is 34.6 Å². The van der Waals surface area contributed by atoms with Crippen LogP contribution < -0.4 is 4.74 Å². The van der Waals surface area contributed by atoms with Crippen LogP contribution in [0.25, 0.3) is 22.2 Å². The molecule has 2 heterocycles. The highest BCUT2D eigenvalue weighted by molar-refractivity contribution is 7.98. The normalized spacial score (nSPS) is 17.6. The fraction of sp³-hybridized carbons (Fsp3) is 0.375. The molecule has 1 aliphatic heterocycles. The average Bonchev–Trinajstić information content (AvgIpc) is 2.78. The number of rotatable bonds is 6. The first-order valence-corrected chi connectivity index (χ1v) is 11.3. The summed E-state index contributed by atoms with van der Waals surface area (Å²) >= 11 is 1.74. The molecule has 0 radical (unpaired) electrons. The summed E-state index contributed by atoms with van der Waals surface area (Å²) in [5.41, 5.74) is 4.41. The quantitative estimate of drug-likeness (QED) is 0.521. The Morgan fingerprint density at radius 1 is 1.14 bits per heavy atom. The minimum absolute atomic E-state index is 0.321. The molecule has 1 atom stereocenters. The second kappa shape index (κ2) is 9.16. The number of pyridine rings is 1. The maximum absolute atomic E-state index is 5.62. The molecule has 152 valence electrons. The Kier molecular flexibility index (Phi) is 6.38. The monoisotopic (exact) mass is 408 g/mol. The van der Waals surface area contributed by atoms with E-state index in [4.69, 9.17) is 14.5 Å². The molecule has 4 rings (SSSR count). The van der Waals surface area contributed by atoms with Gasteiger partial charge in [-0.15, -0.1) is 11.8 Å². The molecule has 5 heteroatoms. The highest BCUT2D eigenvalue weighted by Crippen LogP contribution is 2.31. The number of likely N-dealkylation sites (tertiary alicyclic amines) is 1. The Hall–Kier alpha value is -2.08. The Morgan fingerprint density at radius 2 is 2.03 bits per heavy atom. The molecule has 0 aliphatic carbocycles. The third-order valence-electron chi connectivity index (χ3n) is 5.64. The molecule has 4 nitrogen and oxygen atoms in total. The molecule has 2 aromatic carbocycles. The van der Waals surface area contributed by atoms with Gasteiger partial charge < -0.3 is 9.47 Å². The van der Waals surface area contributed by atoms with E-state index < -0.39 is 0 Å². The van der Waals surface area contributed by atoms with Crippen molar-refractivity contribution in [1.82, 2.24) is 9.88 Å². The zero-order chi connectivity index (χ0) is 20.2. The number of aromatic nitrogens is 1. The van der Waals surface area contributed by atoms with E-state index in [1.165, 1.54) is 22.3 Å². The van der Waals surface area contributed by atoms with Crippen LogP contribution in [0.1, 0.15) is 18.4 Å². The number of methoxy groups -OCH3 is 2. The zero-order valence-corrected chi connectivity index (χ0v) is 18.2. The minimum atomic E-state index is 0.321. The summed E-state index contributed by atoms with van der Waals surface area (Å²) in [7, 11) is 3.52. The Labute approximate surface area is 177 Å². The third kappa shape index (κ3) is 4.58. The number of ether oxygens (including phenoxy) is 2. The van der Waals surface area contributed by atoms with Crippen molar-refractivity contribution >= 4 is 22.7 Å². The standard InChI is InChI=1S/C24H28N2O2S/c1-27-20-7-4-6-18(13-20)24-19(15-26-11-5-8-21(16-26)28-2)12-17-9-10-22(29-3)14-23(17)25-24/h4,6-7,9-10,12-14,21H,5,8,11,15-16H2,1-3H3. The predicted molar refractivity (Wildman–Crippen MR) is 121 cm³/mol. The number of thioether (sulfide) groups is 1. The smallest absolute Gasteiger partial charge is 0.119 e. The van der Waals surface area contributed by atoms with Crippen molar-refractivity contribution in [3.8, 4) is 17.0 Å². The lowest BCUT2D eigenvalue weighted by Crippen LogP contribution is -2.38. The number of benzene rings is 2. The first-order chi connectivity index (χ1) is 14.2. The van der Waals surface area contributed by atoms with E-state index in [9.17, 15) is 0 Å². The van der Waals surface area contributed by atoms with Crippen LogP contribution in [0.4, 0.5) is 0 Å². The van der Waals surface area contributed by atoms with Gasteiger partial charge in [-0.3, -0.25) is 4.90 Å². The molecule has 0 saturated carbocycles.